The second-order valence-corrected chi connectivity index (χ2v) is 10.5. The molecule has 4 aromatic rings. The highest BCUT2D eigenvalue weighted by molar-refractivity contribution is 5.95. The summed E-state index contributed by atoms with van der Waals surface area (Å²) < 4.78 is 14.0. The standard InChI is InChI=1S/C29H29N3O4/c1-17(2)22-16-31-23(35-22)9-6-12-29-14-13-28(3,36-29)24-25(29)27(34)32(26(24)33)21-11-10-18(15-30)19-7-4-5-8-20(19)21/h4-5,7-8,10-11,16-17,33-34H,6,9,12-14H2,1-3H3/t28-,29+/m0/s1. The van der Waals surface area contributed by atoms with E-state index in [1.807, 2.05) is 31.2 Å². The Balaban J connectivity index is 1.40. The van der Waals surface area contributed by atoms with E-state index in [2.05, 4.69) is 24.9 Å². The number of nitriles is 1. The van der Waals surface area contributed by atoms with Crippen LogP contribution in [0.3, 0.4) is 0 Å². The van der Waals surface area contributed by atoms with Crippen LogP contribution >= 0.6 is 0 Å². The normalized spacial score (nSPS) is 22.4. The van der Waals surface area contributed by atoms with Crippen molar-refractivity contribution in [3.05, 3.63) is 70.9 Å². The average Bonchev–Trinajstić information content (AvgIpc) is 3.59. The fourth-order valence-electron chi connectivity index (χ4n) is 6.14. The van der Waals surface area contributed by atoms with Crippen LogP contribution in [0.1, 0.15) is 80.7 Å². The van der Waals surface area contributed by atoms with Gasteiger partial charge in [-0.1, -0.05) is 38.1 Å². The second kappa shape index (κ2) is 7.87. The molecule has 7 heteroatoms. The number of aryl methyl sites for hydroxylation is 1. The molecule has 36 heavy (non-hydrogen) atoms. The molecule has 4 heterocycles. The number of hydrogen-bond donors (Lipinski definition) is 2. The van der Waals surface area contributed by atoms with Gasteiger partial charge < -0.3 is 19.4 Å². The largest absolute Gasteiger partial charge is 0.494 e. The molecule has 2 aromatic heterocycles. The quantitative estimate of drug-likeness (QED) is 0.334. The first-order chi connectivity index (χ1) is 17.3. The number of rotatable bonds is 6. The minimum absolute atomic E-state index is 0.000923. The number of fused-ring (bicyclic) bond motifs is 6. The summed E-state index contributed by atoms with van der Waals surface area (Å²) in [5.74, 6) is 1.88. The Morgan fingerprint density at radius 1 is 1.08 bits per heavy atom. The molecule has 2 aromatic carbocycles. The lowest BCUT2D eigenvalue weighted by atomic mass is 9.77. The Morgan fingerprint density at radius 3 is 2.56 bits per heavy atom. The Morgan fingerprint density at radius 2 is 1.83 bits per heavy atom. The van der Waals surface area contributed by atoms with Crippen molar-refractivity contribution >= 4 is 10.8 Å². The van der Waals surface area contributed by atoms with Crippen molar-refractivity contribution in [3.63, 3.8) is 0 Å². The maximum Gasteiger partial charge on any atom is 0.205 e. The van der Waals surface area contributed by atoms with Crippen LogP contribution in [0, 0.1) is 11.3 Å². The van der Waals surface area contributed by atoms with Crippen LogP contribution in [0.2, 0.25) is 0 Å². The van der Waals surface area contributed by atoms with Gasteiger partial charge >= 0.3 is 0 Å². The van der Waals surface area contributed by atoms with Crippen LogP contribution < -0.4 is 0 Å². The zero-order valence-electron chi connectivity index (χ0n) is 20.7. The number of oxazole rings is 1. The van der Waals surface area contributed by atoms with Gasteiger partial charge in [-0.3, -0.25) is 4.57 Å². The molecule has 0 radical (unpaired) electrons. The van der Waals surface area contributed by atoms with Gasteiger partial charge in [-0.05, 0) is 44.7 Å². The van der Waals surface area contributed by atoms with E-state index in [1.165, 1.54) is 4.57 Å². The number of benzene rings is 2. The third kappa shape index (κ3) is 3.11. The van der Waals surface area contributed by atoms with Gasteiger partial charge in [0.05, 0.1) is 40.2 Å². The zero-order valence-corrected chi connectivity index (χ0v) is 20.7. The van der Waals surface area contributed by atoms with Crippen molar-refractivity contribution < 1.29 is 19.4 Å². The molecule has 0 amide bonds. The smallest absolute Gasteiger partial charge is 0.205 e. The maximum absolute atomic E-state index is 11.6. The molecule has 2 N–H and O–H groups in total. The minimum atomic E-state index is -0.674. The molecule has 184 valence electrons. The number of nitrogens with zero attached hydrogens (tertiary/aromatic N) is 3. The molecule has 0 spiro atoms. The fourth-order valence-corrected chi connectivity index (χ4v) is 6.14. The Hall–Kier alpha value is -3.76. The monoisotopic (exact) mass is 483 g/mol. The molecular formula is C29H29N3O4. The predicted molar refractivity (Wildman–Crippen MR) is 134 cm³/mol. The first-order valence-electron chi connectivity index (χ1n) is 12.5. The zero-order chi connectivity index (χ0) is 25.2. The van der Waals surface area contributed by atoms with Crippen molar-refractivity contribution in [1.82, 2.24) is 9.55 Å². The molecular weight excluding hydrogens is 454 g/mol. The first-order valence-corrected chi connectivity index (χ1v) is 12.5. The van der Waals surface area contributed by atoms with E-state index in [0.717, 1.165) is 35.8 Å². The Kier molecular flexibility index (Phi) is 4.96. The lowest BCUT2D eigenvalue weighted by Gasteiger charge is -2.26. The molecule has 6 rings (SSSR count). The van der Waals surface area contributed by atoms with E-state index in [0.29, 0.717) is 47.0 Å². The molecule has 0 aliphatic carbocycles. The van der Waals surface area contributed by atoms with Crippen LogP contribution in [0.4, 0.5) is 0 Å². The highest BCUT2D eigenvalue weighted by atomic mass is 16.5. The number of hydrogen-bond acceptors (Lipinski definition) is 6. The summed E-state index contributed by atoms with van der Waals surface area (Å²) in [5, 5.41) is 34.2. The van der Waals surface area contributed by atoms with E-state index >= 15 is 0 Å². The van der Waals surface area contributed by atoms with Gasteiger partial charge in [-0.25, -0.2) is 4.98 Å². The Bertz CT molecular complexity index is 1540. The molecule has 2 aliphatic heterocycles. The van der Waals surface area contributed by atoms with Crippen molar-refractivity contribution in [1.29, 1.82) is 5.26 Å². The van der Waals surface area contributed by atoms with Gasteiger partial charge in [-0.15, -0.1) is 0 Å². The van der Waals surface area contributed by atoms with E-state index < -0.39 is 11.2 Å². The van der Waals surface area contributed by atoms with Crippen LogP contribution in [0.15, 0.2) is 47.0 Å². The second-order valence-electron chi connectivity index (χ2n) is 10.5. The molecule has 7 nitrogen and oxygen atoms in total. The van der Waals surface area contributed by atoms with Gasteiger partial charge in [0.25, 0.3) is 0 Å². The molecule has 0 saturated carbocycles. The van der Waals surface area contributed by atoms with Crippen LogP contribution in [-0.4, -0.2) is 19.8 Å². The average molecular weight is 484 g/mol. The van der Waals surface area contributed by atoms with E-state index in [-0.39, 0.29) is 11.8 Å². The summed E-state index contributed by atoms with van der Waals surface area (Å²) in [6.07, 6.45) is 5.46. The van der Waals surface area contributed by atoms with Gasteiger partial charge in [-0.2, -0.15) is 5.26 Å². The van der Waals surface area contributed by atoms with Crippen LogP contribution in [0.25, 0.3) is 16.5 Å². The molecule has 2 atom stereocenters. The summed E-state index contributed by atoms with van der Waals surface area (Å²) in [7, 11) is 0. The number of ether oxygens (including phenoxy) is 1. The SMILES string of the molecule is CC(C)c1cnc(CCC[C@]23CC[C@](C)(O2)c2c3c(O)n(-c3ccc(C#N)c4ccccc34)c2O)o1. The van der Waals surface area contributed by atoms with E-state index in [1.54, 1.807) is 18.3 Å². The van der Waals surface area contributed by atoms with Crippen molar-refractivity contribution in [2.75, 3.05) is 0 Å². The van der Waals surface area contributed by atoms with Crippen molar-refractivity contribution in [3.8, 4) is 23.5 Å². The van der Waals surface area contributed by atoms with Gasteiger partial charge in [0.15, 0.2) is 5.89 Å². The highest BCUT2D eigenvalue weighted by Gasteiger charge is 2.61. The minimum Gasteiger partial charge on any atom is -0.494 e. The van der Waals surface area contributed by atoms with Crippen molar-refractivity contribution in [2.24, 2.45) is 0 Å². The van der Waals surface area contributed by atoms with E-state index in [9.17, 15) is 15.5 Å². The molecule has 2 aliphatic rings. The van der Waals surface area contributed by atoms with Gasteiger partial charge in [0.2, 0.25) is 11.8 Å². The summed E-state index contributed by atoms with van der Waals surface area (Å²) in [5.41, 5.74) is 1.18. The summed E-state index contributed by atoms with van der Waals surface area (Å²) in [6, 6.07) is 13.3. The van der Waals surface area contributed by atoms with E-state index in [4.69, 9.17) is 9.15 Å². The summed E-state index contributed by atoms with van der Waals surface area (Å²) in [6.45, 7) is 6.14. The highest BCUT2D eigenvalue weighted by Crippen LogP contribution is 2.66. The lowest BCUT2D eigenvalue weighted by Crippen LogP contribution is -2.23. The topological polar surface area (TPSA) is 104 Å². The summed E-state index contributed by atoms with van der Waals surface area (Å²) >= 11 is 0. The van der Waals surface area contributed by atoms with Crippen LogP contribution in [0.5, 0.6) is 11.8 Å². The molecule has 1 fully saturated rings. The maximum atomic E-state index is 11.6. The third-order valence-corrected chi connectivity index (χ3v) is 7.91. The molecule has 1 saturated heterocycles. The van der Waals surface area contributed by atoms with Crippen LogP contribution in [-0.2, 0) is 22.4 Å². The number of aromatic nitrogens is 2. The Labute approximate surface area is 209 Å². The number of aromatic hydroxyl groups is 2. The van der Waals surface area contributed by atoms with Crippen molar-refractivity contribution in [2.45, 2.75) is 70.0 Å². The molecule has 2 bridgehead atoms. The van der Waals surface area contributed by atoms with Gasteiger partial charge in [0.1, 0.15) is 11.4 Å². The van der Waals surface area contributed by atoms with Gasteiger partial charge in [0, 0.05) is 23.1 Å². The predicted octanol–water partition coefficient (Wildman–Crippen LogP) is 6.28. The fraction of sp³-hybridized carbons (Fsp3) is 0.379. The third-order valence-electron chi connectivity index (χ3n) is 7.91. The summed E-state index contributed by atoms with van der Waals surface area (Å²) in [4.78, 5) is 4.41. The lowest BCUT2D eigenvalue weighted by molar-refractivity contribution is -0.0842. The molecule has 0 unspecified atom stereocenters. The first kappa shape index (κ1) is 22.7.